The molecule has 1 aromatic carbocycles. The highest BCUT2D eigenvalue weighted by molar-refractivity contribution is 5.47. The fourth-order valence-electron chi connectivity index (χ4n) is 2.55. The smallest absolute Gasteiger partial charge is 0.182 e. The number of ether oxygens (including phenoxy) is 1. The van der Waals surface area contributed by atoms with Crippen molar-refractivity contribution >= 4 is 5.82 Å². The largest absolute Gasteiger partial charge is 0.373 e. The lowest BCUT2D eigenvalue weighted by Gasteiger charge is -2.30. The lowest BCUT2D eigenvalue weighted by Crippen LogP contribution is -2.30. The monoisotopic (exact) mass is 280 g/mol. The minimum atomic E-state index is 0.0830. The van der Waals surface area contributed by atoms with Gasteiger partial charge in [-0.1, -0.05) is 30.3 Å². The van der Waals surface area contributed by atoms with Crippen LogP contribution in [0, 0.1) is 11.3 Å². The molecule has 2 aromatic rings. The third kappa shape index (κ3) is 3.18. The Balaban J connectivity index is 1.71. The minimum absolute atomic E-state index is 0.0830. The van der Waals surface area contributed by atoms with Crippen LogP contribution in [0.2, 0.25) is 0 Å². The van der Waals surface area contributed by atoms with Crippen LogP contribution in [-0.4, -0.2) is 22.6 Å². The molecule has 5 heteroatoms. The van der Waals surface area contributed by atoms with E-state index in [1.807, 2.05) is 18.2 Å². The van der Waals surface area contributed by atoms with Gasteiger partial charge in [-0.25, -0.2) is 9.97 Å². The standard InChI is InChI=1S/C16H16N4O/c17-11-14-16(19-8-7-18-14)20-13-6-9-21-15(10-13)12-4-2-1-3-5-12/h1-5,7-8,13,15H,6,9-10H2,(H,19,20). The SMILES string of the molecule is N#Cc1nccnc1NC1CCOC(c2ccccc2)C1. The number of rotatable bonds is 3. The van der Waals surface area contributed by atoms with E-state index >= 15 is 0 Å². The number of nitriles is 1. The number of aromatic nitrogens is 2. The molecule has 0 amide bonds. The molecule has 0 saturated carbocycles. The van der Waals surface area contributed by atoms with Gasteiger partial charge in [-0.2, -0.15) is 5.26 Å². The van der Waals surface area contributed by atoms with Crippen molar-refractivity contribution < 1.29 is 4.74 Å². The van der Waals surface area contributed by atoms with Gasteiger partial charge in [-0.05, 0) is 18.4 Å². The summed E-state index contributed by atoms with van der Waals surface area (Å²) in [5.74, 6) is 0.554. The summed E-state index contributed by atoms with van der Waals surface area (Å²) >= 11 is 0. The van der Waals surface area contributed by atoms with Crippen LogP contribution < -0.4 is 5.32 Å². The maximum atomic E-state index is 9.06. The summed E-state index contributed by atoms with van der Waals surface area (Å²) in [5.41, 5.74) is 1.52. The lowest BCUT2D eigenvalue weighted by molar-refractivity contribution is 0.00974. The summed E-state index contributed by atoms with van der Waals surface area (Å²) in [4.78, 5) is 8.23. The fourth-order valence-corrected chi connectivity index (χ4v) is 2.55. The van der Waals surface area contributed by atoms with Crippen LogP contribution in [0.25, 0.3) is 0 Å². The number of hydrogen-bond acceptors (Lipinski definition) is 5. The third-order valence-corrected chi connectivity index (χ3v) is 3.60. The molecule has 5 nitrogen and oxygen atoms in total. The molecular formula is C16H16N4O. The second-order valence-corrected chi connectivity index (χ2v) is 5.00. The first-order chi connectivity index (χ1) is 10.4. The Hall–Kier alpha value is -2.45. The molecule has 1 N–H and O–H groups in total. The zero-order valence-corrected chi connectivity index (χ0v) is 11.6. The maximum absolute atomic E-state index is 9.06. The van der Waals surface area contributed by atoms with E-state index in [0.29, 0.717) is 18.1 Å². The highest BCUT2D eigenvalue weighted by atomic mass is 16.5. The molecule has 0 bridgehead atoms. The van der Waals surface area contributed by atoms with Gasteiger partial charge < -0.3 is 10.1 Å². The molecule has 1 aliphatic heterocycles. The van der Waals surface area contributed by atoms with Crippen LogP contribution in [0.4, 0.5) is 5.82 Å². The van der Waals surface area contributed by atoms with Gasteiger partial charge in [0.2, 0.25) is 0 Å². The molecular weight excluding hydrogens is 264 g/mol. The Morgan fingerprint density at radius 1 is 1.19 bits per heavy atom. The number of benzene rings is 1. The van der Waals surface area contributed by atoms with E-state index in [2.05, 4.69) is 33.5 Å². The van der Waals surface area contributed by atoms with Crippen LogP contribution in [0.1, 0.15) is 30.2 Å². The van der Waals surface area contributed by atoms with Crippen molar-refractivity contribution in [2.45, 2.75) is 25.0 Å². The van der Waals surface area contributed by atoms with Gasteiger partial charge in [0, 0.05) is 25.0 Å². The first kappa shape index (κ1) is 13.5. The van der Waals surface area contributed by atoms with Crippen LogP contribution in [0.5, 0.6) is 0 Å². The van der Waals surface area contributed by atoms with E-state index in [9.17, 15) is 0 Å². The molecule has 1 saturated heterocycles. The molecule has 1 aromatic heterocycles. The number of anilines is 1. The molecule has 0 aliphatic carbocycles. The van der Waals surface area contributed by atoms with E-state index in [-0.39, 0.29) is 12.1 Å². The molecule has 0 radical (unpaired) electrons. The predicted molar refractivity (Wildman–Crippen MR) is 78.5 cm³/mol. The highest BCUT2D eigenvalue weighted by Gasteiger charge is 2.24. The Bertz CT molecular complexity index is 638. The van der Waals surface area contributed by atoms with Crippen molar-refractivity contribution in [3.05, 3.63) is 54.0 Å². The van der Waals surface area contributed by atoms with E-state index in [1.54, 1.807) is 6.20 Å². The van der Waals surface area contributed by atoms with E-state index in [4.69, 9.17) is 10.00 Å². The van der Waals surface area contributed by atoms with Gasteiger partial charge in [0.05, 0.1) is 6.10 Å². The van der Waals surface area contributed by atoms with Gasteiger partial charge in [-0.15, -0.1) is 0 Å². The Morgan fingerprint density at radius 3 is 2.81 bits per heavy atom. The van der Waals surface area contributed by atoms with Gasteiger partial charge >= 0.3 is 0 Å². The summed E-state index contributed by atoms with van der Waals surface area (Å²) in [7, 11) is 0. The van der Waals surface area contributed by atoms with E-state index < -0.39 is 0 Å². The summed E-state index contributed by atoms with van der Waals surface area (Å²) in [6, 6.07) is 12.5. The molecule has 0 spiro atoms. The highest BCUT2D eigenvalue weighted by Crippen LogP contribution is 2.29. The molecule has 1 aliphatic rings. The second-order valence-electron chi connectivity index (χ2n) is 5.00. The van der Waals surface area contributed by atoms with E-state index in [1.165, 1.54) is 11.8 Å². The Morgan fingerprint density at radius 2 is 2.00 bits per heavy atom. The quantitative estimate of drug-likeness (QED) is 0.936. The Kier molecular flexibility index (Phi) is 4.08. The van der Waals surface area contributed by atoms with Gasteiger partial charge in [0.15, 0.2) is 11.5 Å². The fraction of sp³-hybridized carbons (Fsp3) is 0.312. The molecule has 2 atom stereocenters. The van der Waals surface area contributed by atoms with Crippen molar-refractivity contribution in [1.82, 2.24) is 9.97 Å². The average Bonchev–Trinajstić information content (AvgIpc) is 2.56. The van der Waals surface area contributed by atoms with Crippen molar-refractivity contribution in [1.29, 1.82) is 5.26 Å². The van der Waals surface area contributed by atoms with Gasteiger partial charge in [0.1, 0.15) is 6.07 Å². The number of nitrogens with one attached hydrogen (secondary N) is 1. The predicted octanol–water partition coefficient (Wildman–Crippen LogP) is 2.68. The van der Waals surface area contributed by atoms with Crippen molar-refractivity contribution in [3.8, 4) is 6.07 Å². The number of hydrogen-bond donors (Lipinski definition) is 1. The van der Waals surface area contributed by atoms with Crippen LogP contribution in [-0.2, 0) is 4.74 Å². The minimum Gasteiger partial charge on any atom is -0.373 e. The summed E-state index contributed by atoms with van der Waals surface area (Å²) in [5, 5.41) is 12.4. The van der Waals surface area contributed by atoms with Crippen LogP contribution in [0.15, 0.2) is 42.7 Å². The molecule has 2 heterocycles. The normalized spacial score (nSPS) is 21.5. The average molecular weight is 280 g/mol. The molecule has 21 heavy (non-hydrogen) atoms. The second kappa shape index (κ2) is 6.33. The van der Waals surface area contributed by atoms with Crippen molar-refractivity contribution in [3.63, 3.8) is 0 Å². The van der Waals surface area contributed by atoms with Crippen LogP contribution >= 0.6 is 0 Å². The van der Waals surface area contributed by atoms with Gasteiger partial charge in [0.25, 0.3) is 0 Å². The molecule has 3 rings (SSSR count). The Labute approximate surface area is 123 Å². The number of nitrogens with zero attached hydrogens (tertiary/aromatic N) is 3. The molecule has 106 valence electrons. The summed E-state index contributed by atoms with van der Waals surface area (Å²) in [6.07, 6.45) is 4.95. The van der Waals surface area contributed by atoms with Crippen molar-refractivity contribution in [2.24, 2.45) is 0 Å². The van der Waals surface area contributed by atoms with Crippen LogP contribution in [0.3, 0.4) is 0 Å². The molecule has 1 fully saturated rings. The first-order valence-corrected chi connectivity index (χ1v) is 7.01. The molecule has 2 unspecified atom stereocenters. The summed E-state index contributed by atoms with van der Waals surface area (Å²) in [6.45, 7) is 0.694. The topological polar surface area (TPSA) is 70.8 Å². The maximum Gasteiger partial charge on any atom is 0.182 e. The zero-order valence-electron chi connectivity index (χ0n) is 11.6. The van der Waals surface area contributed by atoms with Crippen molar-refractivity contribution in [2.75, 3.05) is 11.9 Å². The lowest BCUT2D eigenvalue weighted by atomic mass is 9.97. The summed E-state index contributed by atoms with van der Waals surface area (Å²) < 4.78 is 5.85. The van der Waals surface area contributed by atoms with Gasteiger partial charge in [-0.3, -0.25) is 0 Å². The van der Waals surface area contributed by atoms with E-state index in [0.717, 1.165) is 12.8 Å². The third-order valence-electron chi connectivity index (χ3n) is 3.60. The zero-order chi connectivity index (χ0) is 14.5. The first-order valence-electron chi connectivity index (χ1n) is 7.01.